The maximum atomic E-state index is 12.9. The van der Waals surface area contributed by atoms with E-state index >= 15 is 0 Å². The van der Waals surface area contributed by atoms with Crippen LogP contribution < -0.4 is 0 Å². The van der Waals surface area contributed by atoms with Gasteiger partial charge >= 0.3 is 24.8 Å². The number of thiol groups is 1. The van der Waals surface area contributed by atoms with Gasteiger partial charge in [0.05, 0.1) is 6.20 Å². The van der Waals surface area contributed by atoms with Crippen LogP contribution >= 0.6 is 28.7 Å². The van der Waals surface area contributed by atoms with Crippen LogP contribution in [-0.2, 0) is 0 Å². The average Bonchev–Trinajstić information content (AvgIpc) is 3.18. The van der Waals surface area contributed by atoms with Crippen LogP contribution in [0.25, 0.3) is 11.3 Å². The second-order valence-electron chi connectivity index (χ2n) is 4.26. The van der Waals surface area contributed by atoms with Gasteiger partial charge in [0.25, 0.3) is 0 Å². The minimum absolute atomic E-state index is 0.285. The Morgan fingerprint density at radius 1 is 1.04 bits per heavy atom. The van der Waals surface area contributed by atoms with Crippen LogP contribution in [0.1, 0.15) is 0 Å². The molecule has 0 amide bonds. The number of hydrogen-bond donors (Lipinski definition) is 1. The summed E-state index contributed by atoms with van der Waals surface area (Å²) >= 11 is 6.43. The van der Waals surface area contributed by atoms with Gasteiger partial charge in [-0.25, -0.2) is 18.7 Å². The molecular weight excluding hydrogens is 399 g/mol. The van der Waals surface area contributed by atoms with Crippen molar-refractivity contribution in [2.24, 2.45) is 4.30 Å². The van der Waals surface area contributed by atoms with Gasteiger partial charge in [0.2, 0.25) is 0 Å². The number of nitrogens with zero attached hydrogens (tertiary/aromatic N) is 5. The van der Waals surface area contributed by atoms with Crippen molar-refractivity contribution in [1.29, 1.82) is 0 Å². The maximum absolute atomic E-state index is 12.9. The molecule has 0 saturated heterocycles. The Morgan fingerprint density at radius 3 is 2.29 bits per heavy atom. The molecule has 24 heavy (non-hydrogen) atoms. The van der Waals surface area contributed by atoms with Gasteiger partial charge in [-0.3, -0.25) is 4.40 Å². The molecule has 5 nitrogen and oxygen atoms in total. The second-order valence-corrected chi connectivity index (χ2v) is 5.30. The number of hydrogen-bond acceptors (Lipinski definition) is 4. The molecule has 0 spiro atoms. The number of rotatable bonds is 0. The van der Waals surface area contributed by atoms with Crippen LogP contribution in [0.3, 0.4) is 0 Å². The standard InChI is InChI=1S/C7H4BrFN2.C7H5FN2.BHNS/c8-6-4-10-7-5(9)2-1-3-11(6)7;8-6-2-1-4-10-5-3-9-7(6)10;1-2-3/h1-4H;1-5H;3H. The Labute approximate surface area is 151 Å². The van der Waals surface area contributed by atoms with Gasteiger partial charge in [0.1, 0.15) is 4.60 Å². The summed E-state index contributed by atoms with van der Waals surface area (Å²) in [5.41, 5.74) is 0.724. The SMILES string of the molecule is Fc1cccn2c(Br)cnc12.Fc1cccn2ccnc12.[B]=NS. The van der Waals surface area contributed by atoms with Crippen molar-refractivity contribution in [1.82, 2.24) is 18.8 Å². The Bertz CT molecular complexity index is 959. The zero-order chi connectivity index (χ0) is 17.5. The summed E-state index contributed by atoms with van der Waals surface area (Å²) in [5.74, 6) is -0.592. The summed E-state index contributed by atoms with van der Waals surface area (Å²) in [6.07, 6.45) is 8.34. The summed E-state index contributed by atoms with van der Waals surface area (Å²) in [7, 11) is 4.34. The molecule has 0 aromatic carbocycles. The molecule has 4 rings (SSSR count). The zero-order valence-electron chi connectivity index (χ0n) is 12.1. The summed E-state index contributed by atoms with van der Waals surface area (Å²) < 4.78 is 32.4. The molecule has 0 N–H and O–H groups in total. The molecule has 0 aliphatic heterocycles. The van der Waals surface area contributed by atoms with E-state index in [1.165, 1.54) is 12.1 Å². The third-order valence-corrected chi connectivity index (χ3v) is 3.40. The average molecular weight is 409 g/mol. The quantitative estimate of drug-likeness (QED) is 0.354. The van der Waals surface area contributed by atoms with E-state index in [4.69, 9.17) is 0 Å². The number of pyridine rings is 2. The minimum atomic E-state index is -0.307. The first-order valence-corrected chi connectivity index (χ1v) is 7.66. The van der Waals surface area contributed by atoms with Crippen molar-refractivity contribution in [3.05, 3.63) is 71.5 Å². The van der Waals surface area contributed by atoms with Gasteiger partial charge in [0.15, 0.2) is 22.9 Å². The number of halogens is 3. The van der Waals surface area contributed by atoms with Gasteiger partial charge in [0, 0.05) is 24.8 Å². The normalized spacial score (nSPS) is 9.79. The van der Waals surface area contributed by atoms with Crippen LogP contribution in [0.5, 0.6) is 0 Å². The van der Waals surface area contributed by atoms with Gasteiger partial charge in [-0.15, -0.1) is 0 Å². The number of aromatic nitrogens is 4. The molecule has 0 unspecified atom stereocenters. The number of fused-ring (bicyclic) bond motifs is 2. The van der Waals surface area contributed by atoms with Crippen molar-refractivity contribution in [2.45, 2.75) is 0 Å². The molecule has 10 heteroatoms. The molecule has 0 saturated carbocycles. The van der Waals surface area contributed by atoms with E-state index in [1.54, 1.807) is 51.9 Å². The van der Waals surface area contributed by atoms with Crippen LogP contribution in [0, 0.1) is 11.6 Å². The van der Waals surface area contributed by atoms with Crippen molar-refractivity contribution in [2.75, 3.05) is 0 Å². The molecule has 4 heterocycles. The summed E-state index contributed by atoms with van der Waals surface area (Å²) in [5, 5.41) is 0. The summed E-state index contributed by atoms with van der Waals surface area (Å²) in [6, 6.07) is 6.05. The van der Waals surface area contributed by atoms with Crippen molar-refractivity contribution < 1.29 is 8.78 Å². The molecule has 4 aromatic rings. The second kappa shape index (κ2) is 8.69. The molecule has 0 aliphatic carbocycles. The molecule has 0 fully saturated rings. The molecule has 1 radical (unpaired) electrons. The molecule has 0 bridgehead atoms. The Morgan fingerprint density at radius 2 is 1.67 bits per heavy atom. The topological polar surface area (TPSA) is 47.0 Å². The molecule has 4 aromatic heterocycles. The predicted octanol–water partition coefficient (Wildman–Crippen LogP) is 3.89. The molecular formula is C14H10BBrF2N5S. The third-order valence-electron chi connectivity index (χ3n) is 2.81. The van der Waals surface area contributed by atoms with Crippen molar-refractivity contribution >= 4 is 47.7 Å². The van der Waals surface area contributed by atoms with E-state index in [0.717, 1.165) is 4.60 Å². The summed E-state index contributed by atoms with van der Waals surface area (Å²) in [4.78, 5) is 7.67. The van der Waals surface area contributed by atoms with E-state index in [0.29, 0.717) is 11.3 Å². The fraction of sp³-hybridized carbons (Fsp3) is 0. The van der Waals surface area contributed by atoms with Crippen LogP contribution in [0.4, 0.5) is 8.78 Å². The van der Waals surface area contributed by atoms with E-state index in [-0.39, 0.29) is 11.6 Å². The zero-order valence-corrected chi connectivity index (χ0v) is 14.6. The van der Waals surface area contributed by atoms with E-state index in [9.17, 15) is 8.78 Å². The third kappa shape index (κ3) is 4.27. The fourth-order valence-corrected chi connectivity index (χ4v) is 2.25. The van der Waals surface area contributed by atoms with Gasteiger partial charge in [-0.2, -0.15) is 0 Å². The van der Waals surface area contributed by atoms with Crippen LogP contribution in [0.2, 0.25) is 0 Å². The first-order valence-electron chi connectivity index (χ1n) is 6.47. The van der Waals surface area contributed by atoms with E-state index < -0.39 is 0 Å². The first kappa shape index (κ1) is 18.3. The van der Waals surface area contributed by atoms with Crippen LogP contribution in [-0.4, -0.2) is 26.4 Å². The Kier molecular flexibility index (Phi) is 6.62. The Hall–Kier alpha value is -2.07. The van der Waals surface area contributed by atoms with Gasteiger partial charge < -0.3 is 4.40 Å². The molecule has 0 aliphatic rings. The molecule has 121 valence electrons. The van der Waals surface area contributed by atoms with Gasteiger partial charge in [-0.1, -0.05) is 0 Å². The molecule has 0 atom stereocenters. The number of imidazole rings is 2. The van der Waals surface area contributed by atoms with Gasteiger partial charge in [-0.05, 0) is 40.2 Å². The Balaban J connectivity index is 0.000000150. The fourth-order valence-electron chi connectivity index (χ4n) is 1.86. The predicted molar refractivity (Wildman–Crippen MR) is 95.2 cm³/mol. The van der Waals surface area contributed by atoms with Crippen molar-refractivity contribution in [3.8, 4) is 0 Å². The first-order chi connectivity index (χ1) is 11.6. The summed E-state index contributed by atoms with van der Waals surface area (Å²) in [6.45, 7) is 0. The van der Waals surface area contributed by atoms with E-state index in [1.807, 2.05) is 0 Å². The van der Waals surface area contributed by atoms with Crippen molar-refractivity contribution in [3.63, 3.8) is 0 Å². The van der Waals surface area contributed by atoms with E-state index in [2.05, 4.69) is 50.7 Å². The van der Waals surface area contributed by atoms with Crippen LogP contribution in [0.15, 0.2) is 64.2 Å². The monoisotopic (exact) mass is 408 g/mol.